The second-order valence-electron chi connectivity index (χ2n) is 11.3. The van der Waals surface area contributed by atoms with Crippen LogP contribution in [0.1, 0.15) is 98.5 Å². The Morgan fingerprint density at radius 3 is 2.48 bits per heavy atom. The molecule has 172 valence electrons. The van der Waals surface area contributed by atoms with E-state index >= 15 is 0 Å². The zero-order valence-corrected chi connectivity index (χ0v) is 21.0. The van der Waals surface area contributed by atoms with Crippen LogP contribution in [-0.4, -0.2) is 11.2 Å². The Kier molecular flexibility index (Phi) is 6.74. The van der Waals surface area contributed by atoms with Gasteiger partial charge in [0.15, 0.2) is 0 Å². The Morgan fingerprint density at radius 1 is 1.03 bits per heavy atom. The molecular weight excluding hydrogens is 376 g/mol. The highest BCUT2D eigenvalue weighted by Gasteiger charge is 2.69. The monoisotopic (exact) mass is 422 g/mol. The molecule has 2 saturated carbocycles. The minimum Gasteiger partial charge on any atom is -0.363 e. The van der Waals surface area contributed by atoms with Crippen LogP contribution < -0.4 is 0 Å². The predicted molar refractivity (Wildman–Crippen MR) is 133 cm³/mol. The van der Waals surface area contributed by atoms with E-state index in [1.54, 1.807) is 5.57 Å². The van der Waals surface area contributed by atoms with E-state index < -0.39 is 0 Å². The largest absolute Gasteiger partial charge is 0.363 e. The smallest absolute Gasteiger partial charge is 0.0907 e. The van der Waals surface area contributed by atoms with E-state index in [-0.39, 0.29) is 11.2 Å². The van der Waals surface area contributed by atoms with Gasteiger partial charge in [-0.1, -0.05) is 97.1 Å². The minimum atomic E-state index is 0.0179. The highest BCUT2D eigenvalue weighted by atomic mass is 16.5. The van der Waals surface area contributed by atoms with Crippen LogP contribution in [0, 0.1) is 35.5 Å². The molecule has 0 radical (unpaired) electrons. The van der Waals surface area contributed by atoms with Gasteiger partial charge in [0.05, 0.1) is 11.2 Å². The summed E-state index contributed by atoms with van der Waals surface area (Å²) in [5, 5.41) is 0. The lowest BCUT2D eigenvalue weighted by atomic mass is 9.55. The molecule has 6 rings (SSSR count). The maximum atomic E-state index is 7.29. The standard InChI is InChI=1S/C28H40O.C2H6/c1-19(2)11-10-12-20(3)25-17-22-24-15-8-9-16-28(24)18-23(21-13-6-5-7-14-21)26(22)27(25,4)29-28;1-2/h5-7,13-14,18-20,22,24-26H,8-12,15-17H2,1-4H3;1-2H3. The van der Waals surface area contributed by atoms with Gasteiger partial charge >= 0.3 is 0 Å². The van der Waals surface area contributed by atoms with Gasteiger partial charge in [0.1, 0.15) is 0 Å². The van der Waals surface area contributed by atoms with Gasteiger partial charge in [0.25, 0.3) is 0 Å². The second-order valence-corrected chi connectivity index (χ2v) is 11.3. The first-order chi connectivity index (χ1) is 14.9. The third-order valence-electron chi connectivity index (χ3n) is 9.16. The van der Waals surface area contributed by atoms with Crippen molar-refractivity contribution in [1.29, 1.82) is 0 Å². The van der Waals surface area contributed by atoms with Crippen LogP contribution in [0.4, 0.5) is 0 Å². The molecule has 1 aromatic carbocycles. The number of hydrogen-bond acceptors (Lipinski definition) is 1. The molecule has 0 amide bonds. The lowest BCUT2D eigenvalue weighted by Crippen LogP contribution is -2.62. The van der Waals surface area contributed by atoms with Crippen molar-refractivity contribution in [2.24, 2.45) is 35.5 Å². The van der Waals surface area contributed by atoms with Crippen LogP contribution in [0.15, 0.2) is 36.4 Å². The number of benzene rings is 1. The van der Waals surface area contributed by atoms with Gasteiger partial charge in [-0.3, -0.25) is 0 Å². The fourth-order valence-corrected chi connectivity index (χ4v) is 8.00. The van der Waals surface area contributed by atoms with Gasteiger partial charge in [-0.05, 0) is 73.0 Å². The molecular formula is C30H46O. The minimum absolute atomic E-state index is 0.0179. The van der Waals surface area contributed by atoms with Gasteiger partial charge in [-0.15, -0.1) is 0 Å². The van der Waals surface area contributed by atoms with Crippen LogP contribution in [0.5, 0.6) is 0 Å². The van der Waals surface area contributed by atoms with Crippen LogP contribution in [0.3, 0.4) is 0 Å². The molecule has 1 nitrogen and oxygen atoms in total. The average Bonchev–Trinajstić information content (AvgIpc) is 3.03. The fraction of sp³-hybridized carbons (Fsp3) is 0.733. The Balaban J connectivity index is 0.00000112. The van der Waals surface area contributed by atoms with Crippen molar-refractivity contribution in [3.05, 3.63) is 42.0 Å². The maximum Gasteiger partial charge on any atom is 0.0907 e. The molecule has 7 atom stereocenters. The molecule has 3 fully saturated rings. The zero-order chi connectivity index (χ0) is 22.2. The van der Waals surface area contributed by atoms with Crippen molar-refractivity contribution in [2.45, 2.75) is 104 Å². The Morgan fingerprint density at radius 2 is 1.77 bits per heavy atom. The van der Waals surface area contributed by atoms with E-state index in [1.807, 2.05) is 13.8 Å². The number of rotatable bonds is 6. The summed E-state index contributed by atoms with van der Waals surface area (Å²) in [5.74, 6) is 4.47. The van der Waals surface area contributed by atoms with E-state index in [0.29, 0.717) is 11.8 Å². The summed E-state index contributed by atoms with van der Waals surface area (Å²) in [6, 6.07) is 11.3. The summed E-state index contributed by atoms with van der Waals surface area (Å²) in [6.45, 7) is 13.7. The SMILES string of the molecule is CC.CC(C)CCCC(C)C1CC2C3CCCCC34C=C(c3ccccc3)C2C1(C)O4. The van der Waals surface area contributed by atoms with Crippen LogP contribution in [0.2, 0.25) is 0 Å². The fourth-order valence-electron chi connectivity index (χ4n) is 8.00. The summed E-state index contributed by atoms with van der Waals surface area (Å²) in [5.41, 5.74) is 3.12. The summed E-state index contributed by atoms with van der Waals surface area (Å²) >= 11 is 0. The molecule has 7 unspecified atom stereocenters. The van der Waals surface area contributed by atoms with Crippen molar-refractivity contribution in [2.75, 3.05) is 0 Å². The van der Waals surface area contributed by atoms with E-state index in [9.17, 15) is 0 Å². The normalized spacial score (nSPS) is 38.9. The number of hydrogen-bond donors (Lipinski definition) is 0. The van der Waals surface area contributed by atoms with Crippen molar-refractivity contribution in [1.82, 2.24) is 0 Å². The van der Waals surface area contributed by atoms with E-state index in [2.05, 4.69) is 64.1 Å². The van der Waals surface area contributed by atoms with Gasteiger partial charge in [-0.25, -0.2) is 0 Å². The van der Waals surface area contributed by atoms with Crippen molar-refractivity contribution in [3.63, 3.8) is 0 Å². The molecule has 1 spiro atoms. The van der Waals surface area contributed by atoms with Crippen molar-refractivity contribution >= 4 is 5.57 Å². The molecule has 4 bridgehead atoms. The highest BCUT2D eigenvalue weighted by molar-refractivity contribution is 5.73. The summed E-state index contributed by atoms with van der Waals surface area (Å²) < 4.78 is 7.29. The summed E-state index contributed by atoms with van der Waals surface area (Å²) in [6.07, 6.45) is 13.5. The highest BCUT2D eigenvalue weighted by Crippen LogP contribution is 2.69. The van der Waals surface area contributed by atoms with Crippen LogP contribution >= 0.6 is 0 Å². The summed E-state index contributed by atoms with van der Waals surface area (Å²) in [7, 11) is 0. The van der Waals surface area contributed by atoms with E-state index in [0.717, 1.165) is 23.7 Å². The summed E-state index contributed by atoms with van der Waals surface area (Å²) in [4.78, 5) is 0. The lowest BCUT2D eigenvalue weighted by molar-refractivity contribution is -0.234. The predicted octanol–water partition coefficient (Wildman–Crippen LogP) is 8.54. The lowest BCUT2D eigenvalue weighted by Gasteiger charge is -2.61. The third kappa shape index (κ3) is 3.84. The Hall–Kier alpha value is -1.08. The van der Waals surface area contributed by atoms with Crippen LogP contribution in [0.25, 0.3) is 5.57 Å². The van der Waals surface area contributed by atoms with Crippen molar-refractivity contribution in [3.8, 4) is 0 Å². The molecule has 0 aromatic heterocycles. The topological polar surface area (TPSA) is 9.23 Å². The molecule has 2 aliphatic heterocycles. The first-order valence-electron chi connectivity index (χ1n) is 13.4. The van der Waals surface area contributed by atoms with Gasteiger partial charge in [-0.2, -0.15) is 0 Å². The van der Waals surface area contributed by atoms with E-state index in [1.165, 1.54) is 56.9 Å². The third-order valence-corrected chi connectivity index (χ3v) is 9.16. The van der Waals surface area contributed by atoms with Crippen molar-refractivity contribution < 1.29 is 4.74 Å². The molecule has 0 N–H and O–H groups in total. The molecule has 1 saturated heterocycles. The van der Waals surface area contributed by atoms with Crippen LogP contribution in [-0.2, 0) is 4.74 Å². The quantitative estimate of drug-likeness (QED) is 0.446. The maximum absolute atomic E-state index is 7.29. The first kappa shape index (κ1) is 23.1. The van der Waals surface area contributed by atoms with E-state index in [4.69, 9.17) is 4.74 Å². The zero-order valence-electron chi connectivity index (χ0n) is 21.0. The Labute approximate surface area is 192 Å². The van der Waals surface area contributed by atoms with Gasteiger partial charge in [0.2, 0.25) is 0 Å². The molecule has 3 aliphatic carbocycles. The number of ether oxygens (including phenoxy) is 1. The molecule has 5 aliphatic rings. The molecule has 1 aromatic rings. The molecule has 2 heterocycles. The second kappa shape index (κ2) is 9.05. The van der Waals surface area contributed by atoms with Gasteiger partial charge < -0.3 is 4.74 Å². The molecule has 1 heteroatoms. The average molecular weight is 423 g/mol. The Bertz CT molecular complexity index is 764. The van der Waals surface area contributed by atoms with Gasteiger partial charge in [0, 0.05) is 5.92 Å². The molecule has 31 heavy (non-hydrogen) atoms. The first-order valence-corrected chi connectivity index (χ1v) is 13.4.